The molecule has 1 aliphatic rings. The number of hydrogen-bond acceptors (Lipinski definition) is 3. The Hall–Kier alpha value is -1.49. The van der Waals surface area contributed by atoms with Crippen LogP contribution in [0.15, 0.2) is 30.3 Å². The van der Waals surface area contributed by atoms with E-state index in [0.29, 0.717) is 6.42 Å². The molecule has 1 aliphatic carbocycles. The Labute approximate surface area is 142 Å². The van der Waals surface area contributed by atoms with E-state index in [4.69, 9.17) is 0 Å². The standard InChI is InChI=1S/C18H25NO3S/c1-23-13-10-15(16(20)21)19-17(22)18(11-6-3-7-12-18)14-8-4-2-5-9-14/h2,4-5,8-9,15H,3,6-7,10-13H2,1H3,(H,19,22)(H,20,21). The first-order valence-electron chi connectivity index (χ1n) is 8.18. The Kier molecular flexibility index (Phi) is 6.51. The lowest BCUT2D eigenvalue weighted by Crippen LogP contribution is -2.51. The lowest BCUT2D eigenvalue weighted by atomic mass is 9.68. The molecule has 0 spiro atoms. The minimum Gasteiger partial charge on any atom is -0.480 e. The first kappa shape index (κ1) is 17.9. The van der Waals surface area contributed by atoms with Crippen molar-refractivity contribution in [3.8, 4) is 0 Å². The molecule has 0 saturated heterocycles. The summed E-state index contributed by atoms with van der Waals surface area (Å²) in [5, 5.41) is 12.2. The van der Waals surface area contributed by atoms with Crippen LogP contribution in [0.25, 0.3) is 0 Å². The highest BCUT2D eigenvalue weighted by molar-refractivity contribution is 7.98. The van der Waals surface area contributed by atoms with E-state index in [1.807, 2.05) is 36.6 Å². The summed E-state index contributed by atoms with van der Waals surface area (Å²) in [7, 11) is 0. The average molecular weight is 335 g/mol. The number of thioether (sulfide) groups is 1. The minimum atomic E-state index is -0.952. The first-order valence-corrected chi connectivity index (χ1v) is 9.58. The van der Waals surface area contributed by atoms with E-state index < -0.39 is 17.4 Å². The summed E-state index contributed by atoms with van der Waals surface area (Å²) >= 11 is 1.59. The van der Waals surface area contributed by atoms with Crippen molar-refractivity contribution in [2.24, 2.45) is 0 Å². The van der Waals surface area contributed by atoms with E-state index in [-0.39, 0.29) is 5.91 Å². The van der Waals surface area contributed by atoms with Crippen molar-refractivity contribution in [1.82, 2.24) is 5.32 Å². The fourth-order valence-electron chi connectivity index (χ4n) is 3.35. The second-order valence-corrected chi connectivity index (χ2v) is 7.14. The van der Waals surface area contributed by atoms with Crippen LogP contribution in [0.4, 0.5) is 0 Å². The predicted octanol–water partition coefficient (Wildman–Crippen LogP) is 3.21. The van der Waals surface area contributed by atoms with Gasteiger partial charge in [-0.1, -0.05) is 49.6 Å². The third-order valence-electron chi connectivity index (χ3n) is 4.68. The van der Waals surface area contributed by atoms with Crippen LogP contribution in [0.1, 0.15) is 44.1 Å². The summed E-state index contributed by atoms with van der Waals surface area (Å²) in [6, 6.07) is 9.00. The quantitative estimate of drug-likeness (QED) is 0.803. The van der Waals surface area contributed by atoms with E-state index in [1.54, 1.807) is 11.8 Å². The number of carboxylic acid groups (broad SMARTS) is 1. The van der Waals surface area contributed by atoms with Gasteiger partial charge in [-0.15, -0.1) is 0 Å². The van der Waals surface area contributed by atoms with E-state index in [1.165, 1.54) is 0 Å². The molecule has 5 heteroatoms. The van der Waals surface area contributed by atoms with Crippen molar-refractivity contribution in [3.05, 3.63) is 35.9 Å². The summed E-state index contributed by atoms with van der Waals surface area (Å²) in [5.74, 6) is -0.362. The molecule has 1 amide bonds. The Balaban J connectivity index is 2.21. The Bertz CT molecular complexity index is 526. The van der Waals surface area contributed by atoms with Crippen molar-refractivity contribution in [3.63, 3.8) is 0 Å². The number of rotatable bonds is 7. The first-order chi connectivity index (χ1) is 11.1. The molecule has 1 saturated carbocycles. The van der Waals surface area contributed by atoms with E-state index >= 15 is 0 Å². The summed E-state index contributed by atoms with van der Waals surface area (Å²) in [4.78, 5) is 24.5. The summed E-state index contributed by atoms with van der Waals surface area (Å²) < 4.78 is 0. The molecule has 1 fully saturated rings. The van der Waals surface area contributed by atoms with E-state index in [0.717, 1.165) is 43.4 Å². The molecule has 2 rings (SSSR count). The van der Waals surface area contributed by atoms with Crippen molar-refractivity contribution in [1.29, 1.82) is 0 Å². The highest BCUT2D eigenvalue weighted by Gasteiger charge is 2.42. The van der Waals surface area contributed by atoms with Gasteiger partial charge in [0.15, 0.2) is 0 Å². The molecule has 126 valence electrons. The van der Waals surface area contributed by atoms with Gasteiger partial charge in [0, 0.05) is 0 Å². The van der Waals surface area contributed by atoms with E-state index in [9.17, 15) is 14.7 Å². The lowest BCUT2D eigenvalue weighted by Gasteiger charge is -2.37. The van der Waals surface area contributed by atoms with Gasteiger partial charge < -0.3 is 10.4 Å². The number of carboxylic acids is 1. The number of carbonyl (C=O) groups excluding carboxylic acids is 1. The van der Waals surface area contributed by atoms with Gasteiger partial charge in [0.05, 0.1) is 5.41 Å². The van der Waals surface area contributed by atoms with Gasteiger partial charge in [-0.2, -0.15) is 11.8 Å². The van der Waals surface area contributed by atoms with Crippen LogP contribution < -0.4 is 5.32 Å². The molecule has 0 heterocycles. The number of hydrogen-bond donors (Lipinski definition) is 2. The predicted molar refractivity (Wildman–Crippen MR) is 93.8 cm³/mol. The molecule has 1 unspecified atom stereocenters. The zero-order valence-corrected chi connectivity index (χ0v) is 14.4. The van der Waals surface area contributed by atoms with Gasteiger partial charge in [0.25, 0.3) is 0 Å². The Morgan fingerprint density at radius 2 is 1.87 bits per heavy atom. The SMILES string of the molecule is CSCCC(NC(=O)C1(c2ccccc2)CCCCC1)C(=O)O. The fraction of sp³-hybridized carbons (Fsp3) is 0.556. The Morgan fingerprint density at radius 3 is 2.43 bits per heavy atom. The largest absolute Gasteiger partial charge is 0.480 e. The van der Waals surface area contributed by atoms with Crippen molar-refractivity contribution < 1.29 is 14.7 Å². The zero-order chi connectivity index (χ0) is 16.7. The number of amides is 1. The maximum atomic E-state index is 13.0. The molecule has 0 radical (unpaired) electrons. The fourth-order valence-corrected chi connectivity index (χ4v) is 3.82. The molecule has 1 aromatic carbocycles. The van der Waals surface area contributed by atoms with Gasteiger partial charge in [0.1, 0.15) is 6.04 Å². The zero-order valence-electron chi connectivity index (χ0n) is 13.6. The maximum absolute atomic E-state index is 13.0. The normalized spacial score (nSPS) is 18.1. The van der Waals surface area contributed by atoms with Crippen molar-refractivity contribution in [2.75, 3.05) is 12.0 Å². The molecule has 1 atom stereocenters. The molecule has 23 heavy (non-hydrogen) atoms. The maximum Gasteiger partial charge on any atom is 0.326 e. The second-order valence-electron chi connectivity index (χ2n) is 6.15. The van der Waals surface area contributed by atoms with Crippen LogP contribution in [0.5, 0.6) is 0 Å². The molecular weight excluding hydrogens is 310 g/mol. The van der Waals surface area contributed by atoms with Crippen LogP contribution in [-0.2, 0) is 15.0 Å². The monoisotopic (exact) mass is 335 g/mol. The van der Waals surface area contributed by atoms with Crippen LogP contribution in [0.2, 0.25) is 0 Å². The second kappa shape index (κ2) is 8.39. The van der Waals surface area contributed by atoms with Crippen LogP contribution in [-0.4, -0.2) is 35.0 Å². The van der Waals surface area contributed by atoms with Gasteiger partial charge in [-0.25, -0.2) is 4.79 Å². The third-order valence-corrected chi connectivity index (χ3v) is 5.33. The third kappa shape index (κ3) is 4.28. The van der Waals surface area contributed by atoms with Crippen LogP contribution >= 0.6 is 11.8 Å². The molecule has 0 aliphatic heterocycles. The number of carbonyl (C=O) groups is 2. The van der Waals surface area contributed by atoms with E-state index in [2.05, 4.69) is 5.32 Å². The molecular formula is C18H25NO3S. The summed E-state index contributed by atoms with van der Waals surface area (Å²) in [5.41, 5.74) is 0.429. The van der Waals surface area contributed by atoms with Gasteiger partial charge in [0.2, 0.25) is 5.91 Å². The van der Waals surface area contributed by atoms with Gasteiger partial charge in [-0.3, -0.25) is 4.79 Å². The van der Waals surface area contributed by atoms with Crippen molar-refractivity contribution in [2.45, 2.75) is 50.0 Å². The van der Waals surface area contributed by atoms with Crippen molar-refractivity contribution >= 4 is 23.6 Å². The number of benzene rings is 1. The number of nitrogens with one attached hydrogen (secondary N) is 1. The number of aliphatic carboxylic acids is 1. The minimum absolute atomic E-state index is 0.128. The smallest absolute Gasteiger partial charge is 0.326 e. The summed E-state index contributed by atoms with van der Waals surface area (Å²) in [6.07, 6.45) is 7.11. The van der Waals surface area contributed by atoms with Crippen LogP contribution in [0, 0.1) is 0 Å². The highest BCUT2D eigenvalue weighted by atomic mass is 32.2. The molecule has 1 aromatic rings. The van der Waals surface area contributed by atoms with Gasteiger partial charge in [-0.05, 0) is 36.8 Å². The molecule has 4 nitrogen and oxygen atoms in total. The topological polar surface area (TPSA) is 66.4 Å². The molecule has 0 bridgehead atoms. The summed E-state index contributed by atoms with van der Waals surface area (Å²) in [6.45, 7) is 0. The van der Waals surface area contributed by atoms with Crippen LogP contribution in [0.3, 0.4) is 0 Å². The lowest BCUT2D eigenvalue weighted by molar-refractivity contribution is -0.143. The van der Waals surface area contributed by atoms with Gasteiger partial charge >= 0.3 is 5.97 Å². The highest BCUT2D eigenvalue weighted by Crippen LogP contribution is 2.39. The Morgan fingerprint density at radius 1 is 1.22 bits per heavy atom. The molecule has 2 N–H and O–H groups in total. The molecule has 0 aromatic heterocycles. The average Bonchev–Trinajstić information content (AvgIpc) is 2.59.